The minimum atomic E-state index is -0.118. The van der Waals surface area contributed by atoms with Crippen LogP contribution in [0, 0.1) is 5.92 Å². The molecule has 2 fully saturated rings. The molecule has 0 aromatic heterocycles. The molecule has 1 amide bonds. The molecule has 2 aliphatic rings. The highest BCUT2D eigenvalue weighted by molar-refractivity contribution is 5.82. The first kappa shape index (κ1) is 9.00. The van der Waals surface area contributed by atoms with Gasteiger partial charge in [0.05, 0.1) is 6.61 Å². The molecule has 3 atom stereocenters. The van der Waals surface area contributed by atoms with E-state index in [9.17, 15) is 4.79 Å². The van der Waals surface area contributed by atoms with Crippen LogP contribution in [0.2, 0.25) is 0 Å². The maximum atomic E-state index is 11.8. The van der Waals surface area contributed by atoms with Crippen molar-refractivity contribution in [2.24, 2.45) is 5.92 Å². The summed E-state index contributed by atoms with van der Waals surface area (Å²) in [4.78, 5) is 13.8. The van der Waals surface area contributed by atoms with E-state index in [1.807, 2.05) is 4.90 Å². The molecule has 0 saturated carbocycles. The molecule has 0 N–H and O–H groups in total. The predicted octanol–water partition coefficient (Wildman–Crippen LogP) is 1.03. The van der Waals surface area contributed by atoms with Crippen LogP contribution in [0.4, 0.5) is 0 Å². The van der Waals surface area contributed by atoms with Gasteiger partial charge in [0.1, 0.15) is 6.10 Å². The number of nitrogens with zero attached hydrogens (tertiary/aromatic N) is 1. The minimum absolute atomic E-state index is 0.118. The maximum absolute atomic E-state index is 11.8. The van der Waals surface area contributed by atoms with Crippen LogP contribution in [-0.4, -0.2) is 36.1 Å². The number of hydrogen-bond donors (Lipinski definition) is 0. The van der Waals surface area contributed by atoms with Crippen LogP contribution in [-0.2, 0) is 9.53 Å². The van der Waals surface area contributed by atoms with Gasteiger partial charge >= 0.3 is 0 Å². The second-order valence-electron chi connectivity index (χ2n) is 4.19. The minimum Gasteiger partial charge on any atom is -0.368 e. The van der Waals surface area contributed by atoms with Crippen molar-refractivity contribution in [3.05, 3.63) is 0 Å². The van der Waals surface area contributed by atoms with Crippen molar-refractivity contribution in [1.29, 1.82) is 0 Å². The summed E-state index contributed by atoms with van der Waals surface area (Å²) in [7, 11) is 0. The molecule has 3 nitrogen and oxygen atoms in total. The summed E-state index contributed by atoms with van der Waals surface area (Å²) in [5.41, 5.74) is 0. The van der Waals surface area contributed by atoms with Gasteiger partial charge in [-0.25, -0.2) is 0 Å². The van der Waals surface area contributed by atoms with Crippen LogP contribution in [0.3, 0.4) is 0 Å². The molecule has 0 radical (unpaired) electrons. The summed E-state index contributed by atoms with van der Waals surface area (Å²) in [5, 5.41) is 0. The summed E-state index contributed by atoms with van der Waals surface area (Å²) in [5.74, 6) is 0.854. The van der Waals surface area contributed by atoms with Gasteiger partial charge in [0, 0.05) is 19.0 Å². The average molecular weight is 183 g/mol. The number of ether oxygens (including phenoxy) is 1. The fraction of sp³-hybridized carbons (Fsp3) is 0.900. The maximum Gasteiger partial charge on any atom is 0.252 e. The van der Waals surface area contributed by atoms with Gasteiger partial charge in [0.25, 0.3) is 5.91 Å². The molecule has 0 aromatic carbocycles. The van der Waals surface area contributed by atoms with E-state index in [0.29, 0.717) is 12.0 Å². The molecule has 0 bridgehead atoms. The predicted molar refractivity (Wildman–Crippen MR) is 49.3 cm³/mol. The van der Waals surface area contributed by atoms with Crippen molar-refractivity contribution in [3.8, 4) is 0 Å². The number of likely N-dealkylation sites (tertiary alicyclic amines) is 1. The standard InChI is InChI=1S/C10H17NO2/c1-7-3-5-11(8(7)2)10(12)9-4-6-13-9/h7-9H,3-6H2,1-2H3. The molecule has 0 aliphatic carbocycles. The molecule has 0 aromatic rings. The SMILES string of the molecule is CC1CCN(C(=O)C2CCO2)C1C. The summed E-state index contributed by atoms with van der Waals surface area (Å²) in [6.07, 6.45) is 1.93. The largest absolute Gasteiger partial charge is 0.368 e. The van der Waals surface area contributed by atoms with Crippen LogP contribution in [0.1, 0.15) is 26.7 Å². The second kappa shape index (κ2) is 3.29. The summed E-state index contributed by atoms with van der Waals surface area (Å²) >= 11 is 0. The highest BCUT2D eigenvalue weighted by atomic mass is 16.5. The van der Waals surface area contributed by atoms with Gasteiger partial charge in [0.15, 0.2) is 0 Å². The Morgan fingerprint density at radius 2 is 2.08 bits per heavy atom. The third kappa shape index (κ3) is 1.46. The van der Waals surface area contributed by atoms with Crippen molar-refractivity contribution >= 4 is 5.91 Å². The number of rotatable bonds is 1. The van der Waals surface area contributed by atoms with E-state index in [4.69, 9.17) is 4.74 Å². The molecular weight excluding hydrogens is 166 g/mol. The lowest BCUT2D eigenvalue weighted by molar-refractivity contribution is -0.156. The van der Waals surface area contributed by atoms with Gasteiger partial charge in [-0.05, 0) is 19.3 Å². The van der Waals surface area contributed by atoms with Gasteiger partial charge in [-0.1, -0.05) is 6.92 Å². The normalized spacial score (nSPS) is 38.9. The molecule has 13 heavy (non-hydrogen) atoms. The van der Waals surface area contributed by atoms with Gasteiger partial charge in [0.2, 0.25) is 0 Å². The van der Waals surface area contributed by atoms with E-state index >= 15 is 0 Å². The number of hydrogen-bond acceptors (Lipinski definition) is 2. The van der Waals surface area contributed by atoms with E-state index in [1.54, 1.807) is 0 Å². The molecule has 2 rings (SSSR count). The van der Waals surface area contributed by atoms with E-state index in [2.05, 4.69) is 13.8 Å². The number of amides is 1. The van der Waals surface area contributed by atoms with Gasteiger partial charge in [-0.2, -0.15) is 0 Å². The molecule has 2 heterocycles. The van der Waals surface area contributed by atoms with Crippen LogP contribution in [0.15, 0.2) is 0 Å². The highest BCUT2D eigenvalue weighted by Gasteiger charge is 2.37. The van der Waals surface area contributed by atoms with Crippen LogP contribution >= 0.6 is 0 Å². The first-order chi connectivity index (χ1) is 6.20. The van der Waals surface area contributed by atoms with Gasteiger partial charge in [-0.15, -0.1) is 0 Å². The Bertz CT molecular complexity index is 213. The third-order valence-electron chi connectivity index (χ3n) is 3.40. The fourth-order valence-corrected chi connectivity index (χ4v) is 2.02. The summed E-state index contributed by atoms with van der Waals surface area (Å²) in [6, 6.07) is 0.400. The molecule has 0 spiro atoms. The lowest BCUT2D eigenvalue weighted by atomic mass is 10.0. The van der Waals surface area contributed by atoms with E-state index in [-0.39, 0.29) is 12.0 Å². The molecule has 2 saturated heterocycles. The quantitative estimate of drug-likeness (QED) is 0.607. The monoisotopic (exact) mass is 183 g/mol. The van der Waals surface area contributed by atoms with Crippen molar-refractivity contribution in [3.63, 3.8) is 0 Å². The van der Waals surface area contributed by atoms with E-state index < -0.39 is 0 Å². The van der Waals surface area contributed by atoms with Crippen molar-refractivity contribution in [2.75, 3.05) is 13.2 Å². The first-order valence-corrected chi connectivity index (χ1v) is 5.12. The fourth-order valence-electron chi connectivity index (χ4n) is 2.02. The van der Waals surface area contributed by atoms with Crippen LogP contribution < -0.4 is 0 Å². The highest BCUT2D eigenvalue weighted by Crippen LogP contribution is 2.26. The summed E-state index contributed by atoms with van der Waals surface area (Å²) in [6.45, 7) is 6.02. The zero-order valence-corrected chi connectivity index (χ0v) is 8.32. The lowest BCUT2D eigenvalue weighted by Gasteiger charge is -2.32. The number of carbonyl (C=O) groups is 1. The lowest BCUT2D eigenvalue weighted by Crippen LogP contribution is -2.47. The molecular formula is C10H17NO2. The molecule has 74 valence electrons. The zero-order chi connectivity index (χ0) is 9.42. The van der Waals surface area contributed by atoms with Crippen LogP contribution in [0.25, 0.3) is 0 Å². The summed E-state index contributed by atoms with van der Waals surface area (Å²) < 4.78 is 5.20. The molecule has 3 heteroatoms. The Labute approximate surface area is 79.0 Å². The Balaban J connectivity index is 1.96. The van der Waals surface area contributed by atoms with Gasteiger partial charge < -0.3 is 9.64 Å². The topological polar surface area (TPSA) is 29.5 Å². The third-order valence-corrected chi connectivity index (χ3v) is 3.40. The van der Waals surface area contributed by atoms with Gasteiger partial charge in [-0.3, -0.25) is 4.79 Å². The Morgan fingerprint density at radius 1 is 1.38 bits per heavy atom. The average Bonchev–Trinajstić information content (AvgIpc) is 2.29. The zero-order valence-electron chi connectivity index (χ0n) is 8.32. The van der Waals surface area contributed by atoms with Crippen molar-refractivity contribution in [1.82, 2.24) is 4.90 Å². The second-order valence-corrected chi connectivity index (χ2v) is 4.19. The Hall–Kier alpha value is -0.570. The molecule has 3 unspecified atom stereocenters. The van der Waals surface area contributed by atoms with Crippen molar-refractivity contribution in [2.45, 2.75) is 38.8 Å². The van der Waals surface area contributed by atoms with Crippen molar-refractivity contribution < 1.29 is 9.53 Å². The number of carbonyl (C=O) groups excluding carboxylic acids is 1. The Morgan fingerprint density at radius 3 is 2.46 bits per heavy atom. The van der Waals surface area contributed by atoms with E-state index in [1.165, 1.54) is 0 Å². The van der Waals surface area contributed by atoms with E-state index in [0.717, 1.165) is 26.0 Å². The smallest absolute Gasteiger partial charge is 0.252 e. The Kier molecular flexibility index (Phi) is 2.28. The molecule has 2 aliphatic heterocycles. The van der Waals surface area contributed by atoms with Crippen LogP contribution in [0.5, 0.6) is 0 Å². The first-order valence-electron chi connectivity index (χ1n) is 5.12.